The molecule has 1 aliphatic heterocycles. The van der Waals surface area contributed by atoms with Crippen LogP contribution in [0.15, 0.2) is 30.3 Å². The first-order chi connectivity index (χ1) is 12.5. The van der Waals surface area contributed by atoms with Crippen LogP contribution in [0.4, 0.5) is 0 Å². The first-order valence-corrected chi connectivity index (χ1v) is 8.64. The van der Waals surface area contributed by atoms with Crippen molar-refractivity contribution in [3.8, 4) is 17.5 Å². The standard InChI is InChI=1S/C19H22N6O/c1-12-10-25(11-13(2)22-12)19(26)17-7-16(9-21)23-18(24-17)15-5-3-14(8-20)4-6-15/h3-7,12-13,22H,9-11,21H2,1-2H3. The Morgan fingerprint density at radius 2 is 1.92 bits per heavy atom. The molecule has 134 valence electrons. The monoisotopic (exact) mass is 350 g/mol. The minimum Gasteiger partial charge on any atom is -0.334 e. The zero-order valence-corrected chi connectivity index (χ0v) is 14.9. The number of nitrogens with one attached hydrogen (secondary N) is 1. The number of amides is 1. The van der Waals surface area contributed by atoms with E-state index in [1.807, 2.05) is 4.90 Å². The molecule has 3 N–H and O–H groups in total. The van der Waals surface area contributed by atoms with E-state index >= 15 is 0 Å². The van der Waals surface area contributed by atoms with Crippen LogP contribution in [0.3, 0.4) is 0 Å². The van der Waals surface area contributed by atoms with Crippen molar-refractivity contribution in [2.75, 3.05) is 13.1 Å². The lowest BCUT2D eigenvalue weighted by molar-refractivity contribution is 0.0667. The Hall–Kier alpha value is -2.82. The zero-order valence-electron chi connectivity index (χ0n) is 14.9. The van der Waals surface area contributed by atoms with E-state index in [-0.39, 0.29) is 24.5 Å². The average molecular weight is 350 g/mol. The fourth-order valence-electron chi connectivity index (χ4n) is 3.19. The second-order valence-corrected chi connectivity index (χ2v) is 6.64. The molecule has 0 spiro atoms. The molecule has 2 atom stereocenters. The highest BCUT2D eigenvalue weighted by atomic mass is 16.2. The zero-order chi connectivity index (χ0) is 18.7. The van der Waals surface area contributed by atoms with Crippen LogP contribution in [0.25, 0.3) is 11.4 Å². The number of hydrogen-bond donors (Lipinski definition) is 2. The Balaban J connectivity index is 1.94. The topological polar surface area (TPSA) is 108 Å². The summed E-state index contributed by atoms with van der Waals surface area (Å²) in [4.78, 5) is 23.7. The maximum absolute atomic E-state index is 13.0. The van der Waals surface area contributed by atoms with Gasteiger partial charge in [0.1, 0.15) is 5.69 Å². The van der Waals surface area contributed by atoms with E-state index < -0.39 is 0 Å². The number of piperazine rings is 1. The third-order valence-corrected chi connectivity index (χ3v) is 4.32. The first kappa shape index (κ1) is 18.0. The van der Waals surface area contributed by atoms with Crippen molar-refractivity contribution >= 4 is 5.91 Å². The number of hydrogen-bond acceptors (Lipinski definition) is 6. The molecule has 0 bridgehead atoms. The molecule has 2 heterocycles. The maximum Gasteiger partial charge on any atom is 0.272 e. The van der Waals surface area contributed by atoms with Gasteiger partial charge in [0.15, 0.2) is 5.82 Å². The van der Waals surface area contributed by atoms with E-state index in [0.29, 0.717) is 35.9 Å². The van der Waals surface area contributed by atoms with Crippen LogP contribution in [-0.4, -0.2) is 45.9 Å². The molecule has 1 aromatic heterocycles. The number of aromatic nitrogens is 2. The highest BCUT2D eigenvalue weighted by Crippen LogP contribution is 2.18. The van der Waals surface area contributed by atoms with E-state index in [1.54, 1.807) is 30.3 Å². The molecule has 3 rings (SSSR count). The third kappa shape index (κ3) is 3.87. The first-order valence-electron chi connectivity index (χ1n) is 8.64. The van der Waals surface area contributed by atoms with E-state index in [4.69, 9.17) is 11.0 Å². The summed E-state index contributed by atoms with van der Waals surface area (Å²) in [5.74, 6) is 0.328. The normalized spacial score (nSPS) is 19.8. The van der Waals surface area contributed by atoms with Crippen LogP contribution in [0.2, 0.25) is 0 Å². The molecule has 0 radical (unpaired) electrons. The number of rotatable bonds is 3. The van der Waals surface area contributed by atoms with Gasteiger partial charge < -0.3 is 16.0 Å². The van der Waals surface area contributed by atoms with E-state index in [2.05, 4.69) is 35.2 Å². The molecule has 7 heteroatoms. The molecule has 2 aromatic rings. The number of carbonyl (C=O) groups is 1. The minimum absolute atomic E-state index is 0.114. The quantitative estimate of drug-likeness (QED) is 0.864. The van der Waals surface area contributed by atoms with Gasteiger partial charge in [-0.05, 0) is 44.2 Å². The van der Waals surface area contributed by atoms with Gasteiger partial charge in [-0.15, -0.1) is 0 Å². The molecule has 1 amide bonds. The Bertz CT molecular complexity index is 832. The maximum atomic E-state index is 13.0. The van der Waals surface area contributed by atoms with Crippen molar-refractivity contribution in [1.29, 1.82) is 5.26 Å². The minimum atomic E-state index is -0.114. The number of benzene rings is 1. The van der Waals surface area contributed by atoms with Crippen molar-refractivity contribution in [1.82, 2.24) is 20.2 Å². The van der Waals surface area contributed by atoms with Crippen molar-refractivity contribution < 1.29 is 4.79 Å². The molecule has 1 fully saturated rings. The third-order valence-electron chi connectivity index (χ3n) is 4.32. The molecular weight excluding hydrogens is 328 g/mol. The number of nitrogens with two attached hydrogens (primary N) is 1. The van der Waals surface area contributed by atoms with Crippen LogP contribution < -0.4 is 11.1 Å². The average Bonchev–Trinajstić information content (AvgIpc) is 2.66. The predicted octanol–water partition coefficient (Wildman–Crippen LogP) is 1.30. The molecule has 7 nitrogen and oxygen atoms in total. The molecule has 2 unspecified atom stereocenters. The molecule has 0 saturated carbocycles. The van der Waals surface area contributed by atoms with E-state index in [0.717, 1.165) is 5.56 Å². The highest BCUT2D eigenvalue weighted by Gasteiger charge is 2.27. The number of carbonyl (C=O) groups excluding carboxylic acids is 1. The Morgan fingerprint density at radius 1 is 1.27 bits per heavy atom. The SMILES string of the molecule is CC1CN(C(=O)c2cc(CN)nc(-c3ccc(C#N)cc3)n2)CC(C)N1. The Morgan fingerprint density at radius 3 is 2.50 bits per heavy atom. The van der Waals surface area contributed by atoms with E-state index in [1.165, 1.54) is 0 Å². The summed E-state index contributed by atoms with van der Waals surface area (Å²) in [6.07, 6.45) is 0. The van der Waals surface area contributed by atoms with Crippen LogP contribution >= 0.6 is 0 Å². The summed E-state index contributed by atoms with van der Waals surface area (Å²) >= 11 is 0. The summed E-state index contributed by atoms with van der Waals surface area (Å²) in [6.45, 7) is 5.61. The van der Waals surface area contributed by atoms with E-state index in [9.17, 15) is 4.79 Å². The van der Waals surface area contributed by atoms with Gasteiger partial charge in [-0.25, -0.2) is 9.97 Å². The van der Waals surface area contributed by atoms with Gasteiger partial charge in [-0.1, -0.05) is 0 Å². The lowest BCUT2D eigenvalue weighted by Gasteiger charge is -2.36. The summed E-state index contributed by atoms with van der Waals surface area (Å²) < 4.78 is 0. The van der Waals surface area contributed by atoms with Crippen molar-refractivity contribution in [2.45, 2.75) is 32.5 Å². The molecule has 1 aromatic carbocycles. The van der Waals surface area contributed by atoms with Crippen LogP contribution in [0.5, 0.6) is 0 Å². The van der Waals surface area contributed by atoms with Gasteiger partial charge >= 0.3 is 0 Å². The summed E-state index contributed by atoms with van der Waals surface area (Å²) in [5, 5.41) is 12.3. The Labute approximate surface area is 152 Å². The fraction of sp³-hybridized carbons (Fsp3) is 0.368. The molecular formula is C19H22N6O. The molecule has 0 aliphatic carbocycles. The van der Waals surface area contributed by atoms with Crippen molar-refractivity contribution in [2.24, 2.45) is 5.73 Å². The van der Waals surface area contributed by atoms with Crippen molar-refractivity contribution in [3.63, 3.8) is 0 Å². The van der Waals surface area contributed by atoms with Gasteiger partial charge in [0.05, 0.1) is 17.3 Å². The highest BCUT2D eigenvalue weighted by molar-refractivity contribution is 5.93. The summed E-state index contributed by atoms with van der Waals surface area (Å²) in [5.41, 5.74) is 8.03. The molecule has 1 aliphatic rings. The molecule has 1 saturated heterocycles. The molecule has 26 heavy (non-hydrogen) atoms. The predicted molar refractivity (Wildman–Crippen MR) is 98.0 cm³/mol. The second kappa shape index (κ2) is 7.60. The Kier molecular flexibility index (Phi) is 5.26. The van der Waals surface area contributed by atoms with Gasteiger partial charge in [0, 0.05) is 37.3 Å². The number of nitrogens with zero attached hydrogens (tertiary/aromatic N) is 4. The lowest BCUT2D eigenvalue weighted by Crippen LogP contribution is -2.56. The second-order valence-electron chi connectivity index (χ2n) is 6.64. The number of nitriles is 1. The fourth-order valence-corrected chi connectivity index (χ4v) is 3.19. The van der Waals surface area contributed by atoms with Gasteiger partial charge in [-0.2, -0.15) is 5.26 Å². The van der Waals surface area contributed by atoms with Crippen LogP contribution in [-0.2, 0) is 6.54 Å². The summed E-state index contributed by atoms with van der Waals surface area (Å²) in [7, 11) is 0. The largest absolute Gasteiger partial charge is 0.334 e. The lowest BCUT2D eigenvalue weighted by atomic mass is 10.1. The summed E-state index contributed by atoms with van der Waals surface area (Å²) in [6, 6.07) is 11.2. The van der Waals surface area contributed by atoms with Gasteiger partial charge in [-0.3, -0.25) is 4.79 Å². The smallest absolute Gasteiger partial charge is 0.272 e. The van der Waals surface area contributed by atoms with Gasteiger partial charge in [0.25, 0.3) is 5.91 Å². The van der Waals surface area contributed by atoms with Gasteiger partial charge in [0.2, 0.25) is 0 Å². The van der Waals surface area contributed by atoms with Crippen LogP contribution in [0.1, 0.15) is 35.6 Å². The van der Waals surface area contributed by atoms with Crippen molar-refractivity contribution in [3.05, 3.63) is 47.3 Å². The van der Waals surface area contributed by atoms with Crippen LogP contribution in [0, 0.1) is 11.3 Å².